The van der Waals surface area contributed by atoms with Crippen LogP contribution in [0.5, 0.6) is 11.5 Å². The molecule has 0 aliphatic carbocycles. The van der Waals surface area contributed by atoms with Crippen LogP contribution >= 0.6 is 0 Å². The average molecular weight is 392 g/mol. The summed E-state index contributed by atoms with van der Waals surface area (Å²) in [5.41, 5.74) is 2.27. The van der Waals surface area contributed by atoms with E-state index in [0.717, 1.165) is 17.4 Å². The number of nitrogens with zero attached hydrogens (tertiary/aromatic N) is 1. The molecular formula is C21H16N2O4S. The number of rotatable bonds is 5. The summed E-state index contributed by atoms with van der Waals surface area (Å²) in [6.45, 7) is 0. The van der Waals surface area contributed by atoms with Crippen molar-refractivity contribution >= 4 is 15.9 Å². The molecule has 28 heavy (non-hydrogen) atoms. The molecule has 0 atom stereocenters. The van der Waals surface area contributed by atoms with Crippen LogP contribution in [0.2, 0.25) is 0 Å². The summed E-state index contributed by atoms with van der Waals surface area (Å²) in [6, 6.07) is 23.4. The van der Waals surface area contributed by atoms with Crippen LogP contribution in [0.25, 0.3) is 11.1 Å². The second-order valence-corrected chi connectivity index (χ2v) is 7.77. The van der Waals surface area contributed by atoms with E-state index in [9.17, 15) is 18.5 Å². The van der Waals surface area contributed by atoms with Gasteiger partial charge >= 0.3 is 0 Å². The fraction of sp³-hybridized carbons (Fsp3) is 0.0476. The minimum atomic E-state index is -3.69. The van der Waals surface area contributed by atoms with E-state index in [1.165, 1.54) is 18.2 Å². The summed E-state index contributed by atoms with van der Waals surface area (Å²) in [5.74, 6) is -0.00634. The van der Waals surface area contributed by atoms with Crippen LogP contribution < -0.4 is 9.46 Å². The molecule has 0 heterocycles. The normalized spacial score (nSPS) is 10.7. The first-order valence-electron chi connectivity index (χ1n) is 8.25. The van der Waals surface area contributed by atoms with Gasteiger partial charge in [-0.3, -0.25) is 4.79 Å². The van der Waals surface area contributed by atoms with E-state index in [2.05, 4.69) is 0 Å². The van der Waals surface area contributed by atoms with Gasteiger partial charge in [0.2, 0.25) is 10.0 Å². The van der Waals surface area contributed by atoms with Gasteiger partial charge in [-0.05, 0) is 41.5 Å². The third-order valence-electron chi connectivity index (χ3n) is 3.83. The molecule has 1 N–H and O–H groups in total. The summed E-state index contributed by atoms with van der Waals surface area (Å²) in [6.07, 6.45) is 0.882. The molecule has 0 unspecified atom stereocenters. The zero-order valence-corrected chi connectivity index (χ0v) is 15.7. The van der Waals surface area contributed by atoms with Gasteiger partial charge < -0.3 is 4.74 Å². The molecule has 0 saturated carbocycles. The van der Waals surface area contributed by atoms with Crippen LogP contribution in [-0.2, 0) is 10.0 Å². The van der Waals surface area contributed by atoms with Gasteiger partial charge in [-0.25, -0.2) is 13.1 Å². The van der Waals surface area contributed by atoms with Crippen molar-refractivity contribution in [3.8, 4) is 28.7 Å². The molecule has 3 rings (SSSR count). The van der Waals surface area contributed by atoms with Crippen molar-refractivity contribution in [2.45, 2.75) is 0 Å². The van der Waals surface area contributed by atoms with Gasteiger partial charge in [-0.15, -0.1) is 0 Å². The lowest BCUT2D eigenvalue weighted by atomic mass is 10.1. The molecule has 140 valence electrons. The Hall–Kier alpha value is -3.63. The van der Waals surface area contributed by atoms with Crippen LogP contribution in [0.3, 0.4) is 0 Å². The molecule has 6 nitrogen and oxygen atoms in total. The van der Waals surface area contributed by atoms with Gasteiger partial charge in [0, 0.05) is 5.56 Å². The highest BCUT2D eigenvalue weighted by atomic mass is 32.2. The Bertz CT molecular complexity index is 1150. The summed E-state index contributed by atoms with van der Waals surface area (Å²) in [5, 5.41) is 9.35. The van der Waals surface area contributed by atoms with Crippen molar-refractivity contribution in [2.75, 3.05) is 6.26 Å². The lowest BCUT2D eigenvalue weighted by Crippen LogP contribution is -2.29. The Labute approximate surface area is 163 Å². The number of benzene rings is 3. The molecule has 0 bridgehead atoms. The number of carbonyl (C=O) groups excluding carboxylic acids is 1. The summed E-state index contributed by atoms with van der Waals surface area (Å²) >= 11 is 0. The van der Waals surface area contributed by atoms with Crippen molar-refractivity contribution in [1.29, 1.82) is 5.26 Å². The second kappa shape index (κ2) is 7.94. The van der Waals surface area contributed by atoms with E-state index in [0.29, 0.717) is 5.75 Å². The predicted octanol–water partition coefficient (Wildman–Crippen LogP) is 3.71. The van der Waals surface area contributed by atoms with Crippen LogP contribution in [0.15, 0.2) is 72.8 Å². The van der Waals surface area contributed by atoms with Gasteiger partial charge in [0.15, 0.2) is 0 Å². The third-order valence-corrected chi connectivity index (χ3v) is 4.39. The zero-order chi connectivity index (χ0) is 20.1. The molecule has 3 aromatic carbocycles. The maximum Gasteiger partial charge on any atom is 0.264 e. The molecule has 1 amide bonds. The predicted molar refractivity (Wildman–Crippen MR) is 105 cm³/mol. The largest absolute Gasteiger partial charge is 0.456 e. The first-order valence-corrected chi connectivity index (χ1v) is 10.1. The Morgan fingerprint density at radius 3 is 2.21 bits per heavy atom. The van der Waals surface area contributed by atoms with Crippen LogP contribution in [0, 0.1) is 11.3 Å². The average Bonchev–Trinajstić information content (AvgIpc) is 2.68. The van der Waals surface area contributed by atoms with E-state index < -0.39 is 15.9 Å². The van der Waals surface area contributed by atoms with Crippen molar-refractivity contribution in [1.82, 2.24) is 4.72 Å². The highest BCUT2D eigenvalue weighted by Crippen LogP contribution is 2.28. The van der Waals surface area contributed by atoms with Gasteiger partial charge in [0.1, 0.15) is 17.6 Å². The highest BCUT2D eigenvalue weighted by molar-refractivity contribution is 7.89. The van der Waals surface area contributed by atoms with Crippen LogP contribution in [0.1, 0.15) is 15.9 Å². The Morgan fingerprint density at radius 1 is 0.964 bits per heavy atom. The van der Waals surface area contributed by atoms with Crippen LogP contribution in [0.4, 0.5) is 0 Å². The molecule has 7 heteroatoms. The standard InChI is InChI=1S/C21H16N2O4S/c1-28(25,26)23-21(24)17-9-12-20(18(13-17)14-22)27-19-10-7-16(8-11-19)15-5-3-2-4-6-15/h2-13H,1H3,(H,23,24). The number of amides is 1. The Balaban J connectivity index is 1.81. The van der Waals surface area contributed by atoms with E-state index in [1.54, 1.807) is 12.1 Å². The number of nitrogens with one attached hydrogen (secondary N) is 1. The number of sulfonamides is 1. The lowest BCUT2D eigenvalue weighted by molar-refractivity contribution is 0.0981. The maximum absolute atomic E-state index is 11.9. The molecule has 0 radical (unpaired) electrons. The molecular weight excluding hydrogens is 376 g/mol. The molecule has 3 aromatic rings. The SMILES string of the molecule is CS(=O)(=O)NC(=O)c1ccc(Oc2ccc(-c3ccccc3)cc2)c(C#N)c1. The number of carbonyl (C=O) groups is 1. The smallest absolute Gasteiger partial charge is 0.264 e. The van der Waals surface area contributed by atoms with Crippen molar-refractivity contribution < 1.29 is 17.9 Å². The summed E-state index contributed by atoms with van der Waals surface area (Å²) < 4.78 is 30.0. The minimum Gasteiger partial charge on any atom is -0.456 e. The van der Waals surface area contributed by atoms with Gasteiger partial charge in [-0.2, -0.15) is 5.26 Å². The van der Waals surface area contributed by atoms with Gasteiger partial charge in [-0.1, -0.05) is 42.5 Å². The number of hydrogen-bond donors (Lipinski definition) is 1. The van der Waals surface area contributed by atoms with Crippen molar-refractivity contribution in [3.05, 3.63) is 83.9 Å². The zero-order valence-electron chi connectivity index (χ0n) is 14.9. The topological polar surface area (TPSA) is 96.3 Å². The van der Waals surface area contributed by atoms with Crippen LogP contribution in [-0.4, -0.2) is 20.6 Å². The molecule has 0 spiro atoms. The fourth-order valence-electron chi connectivity index (χ4n) is 2.55. The minimum absolute atomic E-state index is 0.0498. The van der Waals surface area contributed by atoms with Gasteiger partial charge in [0.05, 0.1) is 11.8 Å². The summed E-state index contributed by atoms with van der Waals surface area (Å²) in [7, 11) is -3.69. The van der Waals surface area contributed by atoms with Crippen molar-refractivity contribution in [2.24, 2.45) is 0 Å². The van der Waals surface area contributed by atoms with E-state index in [-0.39, 0.29) is 16.9 Å². The lowest BCUT2D eigenvalue weighted by Gasteiger charge is -2.10. The Morgan fingerprint density at radius 2 is 1.61 bits per heavy atom. The van der Waals surface area contributed by atoms with E-state index in [1.807, 2.05) is 53.3 Å². The first-order chi connectivity index (χ1) is 13.4. The first kappa shape index (κ1) is 19.1. The van der Waals surface area contributed by atoms with Gasteiger partial charge in [0.25, 0.3) is 5.91 Å². The third kappa shape index (κ3) is 4.75. The van der Waals surface area contributed by atoms with E-state index in [4.69, 9.17) is 4.74 Å². The monoisotopic (exact) mass is 392 g/mol. The molecule has 0 saturated heterocycles. The second-order valence-electron chi connectivity index (χ2n) is 6.02. The molecule has 0 aromatic heterocycles. The maximum atomic E-state index is 11.9. The molecule has 0 fully saturated rings. The number of nitriles is 1. The molecule has 0 aliphatic rings. The quantitative estimate of drug-likeness (QED) is 0.714. The highest BCUT2D eigenvalue weighted by Gasteiger charge is 2.14. The Kier molecular flexibility index (Phi) is 5.43. The fourth-order valence-corrected chi connectivity index (χ4v) is 3.00. The number of ether oxygens (including phenoxy) is 1. The number of hydrogen-bond acceptors (Lipinski definition) is 5. The van der Waals surface area contributed by atoms with Crippen molar-refractivity contribution in [3.63, 3.8) is 0 Å². The van der Waals surface area contributed by atoms with E-state index >= 15 is 0 Å². The summed E-state index contributed by atoms with van der Waals surface area (Å²) in [4.78, 5) is 11.9. The molecule has 0 aliphatic heterocycles.